The maximum atomic E-state index is 13.0. The number of carbonyl (C=O) groups excluding carboxylic acids is 1. The second kappa shape index (κ2) is 7.46. The summed E-state index contributed by atoms with van der Waals surface area (Å²) >= 11 is 9.44. The van der Waals surface area contributed by atoms with E-state index >= 15 is 0 Å². The van der Waals surface area contributed by atoms with Gasteiger partial charge in [0.15, 0.2) is 0 Å². The number of amides is 1. The van der Waals surface area contributed by atoms with E-state index in [-0.39, 0.29) is 23.3 Å². The third kappa shape index (κ3) is 3.65. The number of rotatable bonds is 3. The van der Waals surface area contributed by atoms with Crippen LogP contribution in [0.5, 0.6) is 0 Å². The summed E-state index contributed by atoms with van der Waals surface area (Å²) in [7, 11) is 0. The molecular formula is C20H17BrClN3O2. The van der Waals surface area contributed by atoms with E-state index in [0.717, 1.165) is 17.5 Å². The summed E-state index contributed by atoms with van der Waals surface area (Å²) in [5.41, 5.74) is 1.59. The number of aromatic amines is 1. The molecule has 1 amide bonds. The number of H-pyrrole nitrogens is 1. The van der Waals surface area contributed by atoms with Crippen LogP contribution in [0.25, 0.3) is 10.8 Å². The standard InChI is InChI=1S/C20H17BrClN3O2/c21-17-8-14-12(5-6-24-19(14)26)7-18(17)25-20(27)16-10-23-9-15(16)11-1-3-13(22)4-2-11/h1-8,15-16,23H,9-10H2,(H,24,26)(H,25,27)/t15-,16+/m0/s1. The summed E-state index contributed by atoms with van der Waals surface area (Å²) in [6, 6.07) is 13.0. The van der Waals surface area contributed by atoms with Gasteiger partial charge < -0.3 is 15.6 Å². The van der Waals surface area contributed by atoms with Gasteiger partial charge in [-0.1, -0.05) is 23.7 Å². The predicted molar refractivity (Wildman–Crippen MR) is 111 cm³/mol. The molecule has 2 heterocycles. The van der Waals surface area contributed by atoms with E-state index in [9.17, 15) is 9.59 Å². The topological polar surface area (TPSA) is 74.0 Å². The van der Waals surface area contributed by atoms with Crippen LogP contribution in [0.3, 0.4) is 0 Å². The molecule has 2 atom stereocenters. The van der Waals surface area contributed by atoms with Gasteiger partial charge in [0.25, 0.3) is 5.56 Å². The zero-order chi connectivity index (χ0) is 19.0. The van der Waals surface area contributed by atoms with Crippen molar-refractivity contribution in [1.29, 1.82) is 0 Å². The zero-order valence-electron chi connectivity index (χ0n) is 14.3. The minimum absolute atomic E-state index is 0.0511. The van der Waals surface area contributed by atoms with Gasteiger partial charge in [-0.2, -0.15) is 0 Å². The molecular weight excluding hydrogens is 430 g/mol. The van der Waals surface area contributed by atoms with E-state index in [1.54, 1.807) is 12.3 Å². The van der Waals surface area contributed by atoms with E-state index in [2.05, 4.69) is 31.5 Å². The molecule has 0 radical (unpaired) electrons. The Kier molecular flexibility index (Phi) is 5.04. The quantitative estimate of drug-likeness (QED) is 0.571. The van der Waals surface area contributed by atoms with Crippen molar-refractivity contribution in [3.05, 3.63) is 74.1 Å². The second-order valence-corrected chi connectivity index (χ2v) is 7.93. The molecule has 3 N–H and O–H groups in total. The van der Waals surface area contributed by atoms with Crippen LogP contribution in [0.2, 0.25) is 5.02 Å². The molecule has 1 aromatic heterocycles. The minimum atomic E-state index is -0.187. The lowest BCUT2D eigenvalue weighted by Crippen LogP contribution is -2.28. The molecule has 0 spiro atoms. The van der Waals surface area contributed by atoms with Gasteiger partial charge >= 0.3 is 0 Å². The number of nitrogens with one attached hydrogen (secondary N) is 3. The number of hydrogen-bond acceptors (Lipinski definition) is 3. The average molecular weight is 447 g/mol. The zero-order valence-corrected chi connectivity index (χ0v) is 16.6. The lowest BCUT2D eigenvalue weighted by Gasteiger charge is -2.19. The van der Waals surface area contributed by atoms with E-state index < -0.39 is 0 Å². The molecule has 1 aliphatic heterocycles. The Bertz CT molecular complexity index is 1070. The third-order valence-electron chi connectivity index (χ3n) is 4.97. The van der Waals surface area contributed by atoms with Gasteiger partial charge in [-0.15, -0.1) is 0 Å². The molecule has 7 heteroatoms. The second-order valence-electron chi connectivity index (χ2n) is 6.64. The first-order valence-electron chi connectivity index (χ1n) is 8.61. The molecule has 1 fully saturated rings. The number of aromatic nitrogens is 1. The van der Waals surface area contributed by atoms with Crippen molar-refractivity contribution < 1.29 is 4.79 Å². The Morgan fingerprint density at radius 1 is 1.15 bits per heavy atom. The van der Waals surface area contributed by atoms with E-state index in [0.29, 0.717) is 27.1 Å². The summed E-state index contributed by atoms with van der Waals surface area (Å²) < 4.78 is 0.675. The highest BCUT2D eigenvalue weighted by Gasteiger charge is 2.34. The van der Waals surface area contributed by atoms with Crippen LogP contribution in [0, 0.1) is 5.92 Å². The Balaban J connectivity index is 1.60. The van der Waals surface area contributed by atoms with Gasteiger partial charge in [0.05, 0.1) is 11.6 Å². The summed E-state index contributed by atoms with van der Waals surface area (Å²) in [6.07, 6.45) is 1.60. The largest absolute Gasteiger partial charge is 0.329 e. The molecule has 4 rings (SSSR count). The predicted octanol–water partition coefficient (Wildman–Crippen LogP) is 3.89. The number of fused-ring (bicyclic) bond motifs is 1. The summed E-state index contributed by atoms with van der Waals surface area (Å²) in [4.78, 5) is 27.5. The van der Waals surface area contributed by atoms with Crippen LogP contribution >= 0.6 is 27.5 Å². The van der Waals surface area contributed by atoms with E-state index in [1.165, 1.54) is 0 Å². The lowest BCUT2D eigenvalue weighted by atomic mass is 9.88. The first-order valence-corrected chi connectivity index (χ1v) is 9.78. The van der Waals surface area contributed by atoms with Crippen LogP contribution in [-0.4, -0.2) is 24.0 Å². The minimum Gasteiger partial charge on any atom is -0.329 e. The molecule has 3 aromatic rings. The first-order chi connectivity index (χ1) is 13.0. The smallest absolute Gasteiger partial charge is 0.255 e. The molecule has 5 nitrogen and oxygen atoms in total. The molecule has 0 bridgehead atoms. The molecule has 2 aromatic carbocycles. The van der Waals surface area contributed by atoms with Crippen molar-refractivity contribution in [2.45, 2.75) is 5.92 Å². The average Bonchev–Trinajstić information content (AvgIpc) is 3.14. The van der Waals surface area contributed by atoms with Gasteiger partial charge in [-0.3, -0.25) is 9.59 Å². The molecule has 1 aliphatic rings. The number of benzene rings is 2. The van der Waals surface area contributed by atoms with Crippen molar-refractivity contribution in [1.82, 2.24) is 10.3 Å². The highest BCUT2D eigenvalue weighted by atomic mass is 79.9. The van der Waals surface area contributed by atoms with Crippen LogP contribution in [0.15, 0.2) is 57.9 Å². The number of pyridine rings is 1. The van der Waals surface area contributed by atoms with Gasteiger partial charge in [0, 0.05) is 40.1 Å². The Hall–Kier alpha value is -2.15. The summed E-state index contributed by atoms with van der Waals surface area (Å²) in [6.45, 7) is 1.36. The van der Waals surface area contributed by atoms with Crippen LogP contribution in [0.4, 0.5) is 5.69 Å². The normalized spacial score (nSPS) is 19.3. The Morgan fingerprint density at radius 2 is 1.93 bits per heavy atom. The lowest BCUT2D eigenvalue weighted by molar-refractivity contribution is -0.119. The van der Waals surface area contributed by atoms with E-state index in [4.69, 9.17) is 11.6 Å². The van der Waals surface area contributed by atoms with Crippen molar-refractivity contribution in [3.8, 4) is 0 Å². The fourth-order valence-electron chi connectivity index (χ4n) is 3.55. The van der Waals surface area contributed by atoms with Gasteiger partial charge in [-0.25, -0.2) is 0 Å². The van der Waals surface area contributed by atoms with Crippen LogP contribution < -0.4 is 16.2 Å². The van der Waals surface area contributed by atoms with Gasteiger partial charge in [0.2, 0.25) is 5.91 Å². The number of hydrogen-bond donors (Lipinski definition) is 3. The highest BCUT2D eigenvalue weighted by molar-refractivity contribution is 9.10. The van der Waals surface area contributed by atoms with Crippen molar-refractivity contribution in [3.63, 3.8) is 0 Å². The summed E-state index contributed by atoms with van der Waals surface area (Å²) in [5, 5.41) is 8.34. The molecule has 1 saturated heterocycles. The Morgan fingerprint density at radius 3 is 2.70 bits per heavy atom. The number of halogens is 2. The monoisotopic (exact) mass is 445 g/mol. The van der Waals surface area contributed by atoms with Gasteiger partial charge in [-0.05, 0) is 57.2 Å². The highest BCUT2D eigenvalue weighted by Crippen LogP contribution is 2.32. The van der Waals surface area contributed by atoms with Crippen molar-refractivity contribution >= 4 is 49.9 Å². The molecule has 0 saturated carbocycles. The maximum absolute atomic E-state index is 13.0. The maximum Gasteiger partial charge on any atom is 0.255 e. The van der Waals surface area contributed by atoms with Gasteiger partial charge in [0.1, 0.15) is 0 Å². The number of carbonyl (C=O) groups is 1. The SMILES string of the molecule is O=C(Nc1cc2cc[nH]c(=O)c2cc1Br)[C@@H]1CNC[C@H]1c1ccc(Cl)cc1. The van der Waals surface area contributed by atoms with Crippen LogP contribution in [0.1, 0.15) is 11.5 Å². The molecule has 0 unspecified atom stereocenters. The molecule has 0 aliphatic carbocycles. The first kappa shape index (κ1) is 18.2. The van der Waals surface area contributed by atoms with Crippen molar-refractivity contribution in [2.24, 2.45) is 5.92 Å². The van der Waals surface area contributed by atoms with Crippen molar-refractivity contribution in [2.75, 3.05) is 18.4 Å². The fraction of sp³-hybridized carbons (Fsp3) is 0.200. The van der Waals surface area contributed by atoms with E-state index in [1.807, 2.05) is 36.4 Å². The fourth-order valence-corrected chi connectivity index (χ4v) is 4.11. The molecule has 27 heavy (non-hydrogen) atoms. The summed E-state index contributed by atoms with van der Waals surface area (Å²) in [5.74, 6) is -0.151. The third-order valence-corrected chi connectivity index (χ3v) is 5.88. The Labute approximate surface area is 169 Å². The number of anilines is 1. The van der Waals surface area contributed by atoms with Crippen LogP contribution in [-0.2, 0) is 4.79 Å². The molecule has 138 valence electrons.